The Hall–Kier alpha value is -1.56. The van der Waals surface area contributed by atoms with E-state index in [0.29, 0.717) is 0 Å². The number of rotatable bonds is 11. The Morgan fingerprint density at radius 2 is 0.923 bits per heavy atom. The van der Waals surface area contributed by atoms with E-state index in [-0.39, 0.29) is 0 Å². The van der Waals surface area contributed by atoms with E-state index in [1.807, 2.05) is 0 Å². The zero-order valence-corrected chi connectivity index (χ0v) is 17.3. The molecular weight excluding hydrogens is 312 g/mol. The lowest BCUT2D eigenvalue weighted by Crippen LogP contribution is -2.11. The molecule has 26 heavy (non-hydrogen) atoms. The van der Waals surface area contributed by atoms with E-state index in [1.54, 1.807) is 0 Å². The van der Waals surface area contributed by atoms with Gasteiger partial charge in [-0.25, -0.2) is 0 Å². The third-order valence-corrected chi connectivity index (χ3v) is 5.62. The Kier molecular flexibility index (Phi) is 8.95. The van der Waals surface area contributed by atoms with Gasteiger partial charge in [0.25, 0.3) is 0 Å². The number of hydrogen-bond donors (Lipinski definition) is 0. The molecular formula is C26H38. The minimum absolute atomic E-state index is 0.775. The molecule has 0 heteroatoms. The van der Waals surface area contributed by atoms with Crippen LogP contribution in [0.3, 0.4) is 0 Å². The lowest BCUT2D eigenvalue weighted by molar-refractivity contribution is 0.317. The Balaban J connectivity index is 1.64. The zero-order chi connectivity index (χ0) is 18.8. The quantitative estimate of drug-likeness (QED) is 0.392. The van der Waals surface area contributed by atoms with Crippen LogP contribution < -0.4 is 0 Å². The maximum Gasteiger partial charge on any atom is -0.0253 e. The van der Waals surface area contributed by atoms with Gasteiger partial charge in [-0.2, -0.15) is 0 Å². The van der Waals surface area contributed by atoms with Crippen LogP contribution >= 0.6 is 0 Å². The van der Waals surface area contributed by atoms with Crippen molar-refractivity contribution in [3.05, 3.63) is 71.8 Å². The fraction of sp³-hybridized carbons (Fsp3) is 0.538. The molecule has 0 aliphatic carbocycles. The van der Waals surface area contributed by atoms with Gasteiger partial charge in [-0.1, -0.05) is 101 Å². The Bertz CT molecular complexity index is 586. The molecule has 0 aliphatic heterocycles. The van der Waals surface area contributed by atoms with Crippen LogP contribution in [0.4, 0.5) is 0 Å². The summed E-state index contributed by atoms with van der Waals surface area (Å²) in [6, 6.07) is 21.9. The van der Waals surface area contributed by atoms with Gasteiger partial charge in [0.05, 0.1) is 0 Å². The molecule has 2 aromatic rings. The highest BCUT2D eigenvalue weighted by Crippen LogP contribution is 2.26. The Labute approximate surface area is 162 Å². The van der Waals surface area contributed by atoms with Crippen molar-refractivity contribution in [2.24, 2.45) is 23.7 Å². The van der Waals surface area contributed by atoms with Crippen molar-refractivity contribution < 1.29 is 0 Å². The average molecular weight is 351 g/mol. The molecule has 2 aromatic carbocycles. The van der Waals surface area contributed by atoms with E-state index in [1.165, 1.54) is 49.7 Å². The first-order valence-electron chi connectivity index (χ1n) is 10.6. The molecule has 2 rings (SSSR count). The first-order chi connectivity index (χ1) is 12.5. The highest BCUT2D eigenvalue weighted by atomic mass is 14.2. The van der Waals surface area contributed by atoms with Crippen molar-refractivity contribution in [3.8, 4) is 0 Å². The predicted molar refractivity (Wildman–Crippen MR) is 115 cm³/mol. The highest BCUT2D eigenvalue weighted by molar-refractivity contribution is 5.15. The molecule has 0 fully saturated rings. The van der Waals surface area contributed by atoms with Crippen LogP contribution in [0.15, 0.2) is 60.7 Å². The zero-order valence-electron chi connectivity index (χ0n) is 17.3. The van der Waals surface area contributed by atoms with Gasteiger partial charge in [-0.15, -0.1) is 0 Å². The van der Waals surface area contributed by atoms with Gasteiger partial charge in [0.1, 0.15) is 0 Å². The molecule has 0 radical (unpaired) electrons. The molecule has 0 saturated heterocycles. The second-order valence-corrected chi connectivity index (χ2v) is 8.85. The van der Waals surface area contributed by atoms with Crippen molar-refractivity contribution >= 4 is 0 Å². The SMILES string of the molecule is C[C@H](C[C@H](C)Cc1ccccc1)C[C@@H](C)CC[C@H](C)Cc1ccccc1. The molecule has 0 bridgehead atoms. The first kappa shape index (κ1) is 20.7. The lowest BCUT2D eigenvalue weighted by atomic mass is 9.84. The lowest BCUT2D eigenvalue weighted by Gasteiger charge is -2.22. The summed E-state index contributed by atoms with van der Waals surface area (Å²) in [5.74, 6) is 3.23. The van der Waals surface area contributed by atoms with Crippen molar-refractivity contribution in [2.45, 2.75) is 66.2 Å². The van der Waals surface area contributed by atoms with Crippen LogP contribution in [-0.4, -0.2) is 0 Å². The Morgan fingerprint density at radius 1 is 0.500 bits per heavy atom. The molecule has 0 N–H and O–H groups in total. The van der Waals surface area contributed by atoms with Gasteiger partial charge >= 0.3 is 0 Å². The first-order valence-corrected chi connectivity index (χ1v) is 10.6. The van der Waals surface area contributed by atoms with Crippen LogP contribution in [0, 0.1) is 23.7 Å². The minimum atomic E-state index is 0.775. The molecule has 0 amide bonds. The molecule has 0 unspecified atom stereocenters. The third kappa shape index (κ3) is 8.21. The monoisotopic (exact) mass is 350 g/mol. The molecule has 0 saturated carbocycles. The van der Waals surface area contributed by atoms with Gasteiger partial charge in [0.2, 0.25) is 0 Å². The van der Waals surface area contributed by atoms with Crippen molar-refractivity contribution in [3.63, 3.8) is 0 Å². The Morgan fingerprint density at radius 3 is 1.46 bits per heavy atom. The van der Waals surface area contributed by atoms with Gasteiger partial charge in [-0.05, 0) is 60.5 Å². The van der Waals surface area contributed by atoms with E-state index in [4.69, 9.17) is 0 Å². The second-order valence-electron chi connectivity index (χ2n) is 8.85. The topological polar surface area (TPSA) is 0 Å². The molecule has 0 aliphatic rings. The highest BCUT2D eigenvalue weighted by Gasteiger charge is 2.14. The van der Waals surface area contributed by atoms with Crippen molar-refractivity contribution in [2.75, 3.05) is 0 Å². The van der Waals surface area contributed by atoms with E-state index in [0.717, 1.165) is 23.7 Å². The van der Waals surface area contributed by atoms with Crippen LogP contribution in [0.1, 0.15) is 64.5 Å². The minimum Gasteiger partial charge on any atom is -0.0625 e. The molecule has 0 nitrogen and oxygen atoms in total. The maximum atomic E-state index is 2.45. The summed E-state index contributed by atoms with van der Waals surface area (Å²) in [7, 11) is 0. The summed E-state index contributed by atoms with van der Waals surface area (Å²) in [5.41, 5.74) is 2.96. The summed E-state index contributed by atoms with van der Waals surface area (Å²) < 4.78 is 0. The largest absolute Gasteiger partial charge is 0.0625 e. The second kappa shape index (κ2) is 11.2. The fourth-order valence-electron chi connectivity index (χ4n) is 4.38. The van der Waals surface area contributed by atoms with E-state index in [2.05, 4.69) is 88.4 Å². The van der Waals surface area contributed by atoms with Gasteiger partial charge < -0.3 is 0 Å². The summed E-state index contributed by atoms with van der Waals surface area (Å²) in [5, 5.41) is 0. The van der Waals surface area contributed by atoms with Crippen LogP contribution in [0.5, 0.6) is 0 Å². The van der Waals surface area contributed by atoms with Crippen LogP contribution in [0.2, 0.25) is 0 Å². The fourth-order valence-corrected chi connectivity index (χ4v) is 4.38. The number of benzene rings is 2. The molecule has 4 atom stereocenters. The predicted octanol–water partition coefficient (Wildman–Crippen LogP) is 7.58. The molecule has 0 aromatic heterocycles. The van der Waals surface area contributed by atoms with Gasteiger partial charge in [0.15, 0.2) is 0 Å². The summed E-state index contributed by atoms with van der Waals surface area (Å²) in [4.78, 5) is 0. The van der Waals surface area contributed by atoms with E-state index in [9.17, 15) is 0 Å². The standard InChI is InChI=1S/C26H38/c1-21(15-16-22(2)19-25-11-7-5-8-12-25)17-23(3)18-24(4)20-26-13-9-6-10-14-26/h5-14,21-24H,15-20H2,1-4H3/t21-,22-,23-,24-/m0/s1. The smallest absolute Gasteiger partial charge is 0.0253 e. The van der Waals surface area contributed by atoms with E-state index >= 15 is 0 Å². The summed E-state index contributed by atoms with van der Waals surface area (Å²) in [6.07, 6.45) is 7.87. The van der Waals surface area contributed by atoms with Gasteiger partial charge in [-0.3, -0.25) is 0 Å². The van der Waals surface area contributed by atoms with Gasteiger partial charge in [0, 0.05) is 0 Å². The third-order valence-electron chi connectivity index (χ3n) is 5.62. The van der Waals surface area contributed by atoms with Crippen LogP contribution in [-0.2, 0) is 12.8 Å². The number of hydrogen-bond acceptors (Lipinski definition) is 0. The molecule has 0 heterocycles. The van der Waals surface area contributed by atoms with Crippen molar-refractivity contribution in [1.82, 2.24) is 0 Å². The maximum absolute atomic E-state index is 2.45. The summed E-state index contributed by atoms with van der Waals surface area (Å²) >= 11 is 0. The molecule has 142 valence electrons. The average Bonchev–Trinajstić information content (AvgIpc) is 2.61. The molecule has 0 spiro atoms. The van der Waals surface area contributed by atoms with Crippen LogP contribution in [0.25, 0.3) is 0 Å². The normalized spacial score (nSPS) is 16.0. The van der Waals surface area contributed by atoms with E-state index < -0.39 is 0 Å². The summed E-state index contributed by atoms with van der Waals surface area (Å²) in [6.45, 7) is 9.72. The van der Waals surface area contributed by atoms with Crippen molar-refractivity contribution in [1.29, 1.82) is 0 Å².